The van der Waals surface area contributed by atoms with Crippen molar-refractivity contribution < 1.29 is 62.2 Å². The minimum atomic E-state index is -5.39. The molecule has 0 bridgehead atoms. The largest absolute Gasteiger partial charge is 0.481 e. The molecule has 1 aromatic rings. The summed E-state index contributed by atoms with van der Waals surface area (Å²) in [5.41, 5.74) is -1.31. The van der Waals surface area contributed by atoms with Gasteiger partial charge in [-0.05, 0) is 13.8 Å². The molecule has 2 saturated heterocycles. The summed E-state index contributed by atoms with van der Waals surface area (Å²) in [7, 11) is -10.7. The minimum absolute atomic E-state index is 0.159. The summed E-state index contributed by atoms with van der Waals surface area (Å²) in [6.45, 7) is 2.00. The highest BCUT2D eigenvalue weighted by atomic mass is 31.3. The van der Waals surface area contributed by atoms with Crippen LogP contribution in [-0.2, 0) is 32.2 Å². The summed E-state index contributed by atoms with van der Waals surface area (Å²) >= 11 is 0. The molecular weight excluding hydrogens is 522 g/mol. The molecule has 35 heavy (non-hydrogen) atoms. The fourth-order valence-corrected chi connectivity index (χ4v) is 5.19. The fourth-order valence-electron chi connectivity index (χ4n) is 3.59. The number of aliphatic hydroxyl groups is 3. The van der Waals surface area contributed by atoms with Crippen LogP contribution in [-0.4, -0.2) is 89.1 Å². The Morgan fingerprint density at radius 3 is 2.40 bits per heavy atom. The molecule has 7 N–H and O–H groups in total. The third-order valence-corrected chi connectivity index (χ3v) is 7.52. The highest BCUT2D eigenvalue weighted by Gasteiger charge is 2.47. The zero-order valence-corrected chi connectivity index (χ0v) is 20.1. The number of phosphoric acid groups is 2. The van der Waals surface area contributed by atoms with Gasteiger partial charge in [-0.2, -0.15) is 4.31 Å². The van der Waals surface area contributed by atoms with Crippen molar-refractivity contribution in [2.45, 2.75) is 69.4 Å². The number of phosphoric ester groups is 1. The Labute approximate surface area is 196 Å². The molecule has 0 saturated carbocycles. The number of H-pyrrole nitrogens is 1. The lowest BCUT2D eigenvalue weighted by atomic mass is 10.00. The highest BCUT2D eigenvalue weighted by Crippen LogP contribution is 2.57. The van der Waals surface area contributed by atoms with E-state index in [0.717, 1.165) is 4.57 Å². The molecule has 0 radical (unpaired) electrons. The second-order valence-corrected chi connectivity index (χ2v) is 10.9. The maximum absolute atomic E-state index is 12.3. The number of aliphatic hydroxyl groups excluding tert-OH is 3. The molecule has 0 aliphatic carbocycles. The molecule has 2 aliphatic rings. The first-order valence-electron chi connectivity index (χ1n) is 10.1. The van der Waals surface area contributed by atoms with E-state index >= 15 is 0 Å². The van der Waals surface area contributed by atoms with Crippen molar-refractivity contribution in [2.24, 2.45) is 0 Å². The van der Waals surface area contributed by atoms with E-state index < -0.39 is 82.6 Å². The molecule has 19 heteroatoms. The van der Waals surface area contributed by atoms with Crippen molar-refractivity contribution in [1.82, 2.24) is 9.55 Å². The molecule has 1 aromatic heterocycles. The van der Waals surface area contributed by atoms with E-state index in [-0.39, 0.29) is 12.0 Å². The average molecular weight is 548 g/mol. The smallest absolute Gasteiger partial charge is 0.388 e. The highest BCUT2D eigenvalue weighted by molar-refractivity contribution is 7.60. The molecule has 2 fully saturated rings. The van der Waals surface area contributed by atoms with Gasteiger partial charge in [0, 0.05) is 18.2 Å². The molecular formula is C16H26N2O15P2. The average Bonchev–Trinajstić information content (AvgIpc) is 3.12. The molecule has 1 unspecified atom stereocenters. The zero-order chi connectivity index (χ0) is 26.3. The minimum Gasteiger partial charge on any atom is -0.388 e. The number of rotatable bonds is 8. The Kier molecular flexibility index (Phi) is 8.56. The van der Waals surface area contributed by atoms with Gasteiger partial charge in [0.15, 0.2) is 6.29 Å². The first-order chi connectivity index (χ1) is 16.1. The van der Waals surface area contributed by atoms with Gasteiger partial charge >= 0.3 is 21.3 Å². The summed E-state index contributed by atoms with van der Waals surface area (Å²) in [6, 6.07) is 0. The van der Waals surface area contributed by atoms with Gasteiger partial charge in [0.1, 0.15) is 30.6 Å². The van der Waals surface area contributed by atoms with Crippen molar-refractivity contribution in [1.29, 1.82) is 0 Å². The monoisotopic (exact) mass is 548 g/mol. The molecule has 17 nitrogen and oxygen atoms in total. The van der Waals surface area contributed by atoms with E-state index in [9.17, 15) is 38.9 Å². The van der Waals surface area contributed by atoms with Crippen molar-refractivity contribution in [3.05, 3.63) is 32.6 Å². The number of ether oxygens (including phenoxy) is 3. The first kappa shape index (κ1) is 28.3. The summed E-state index contributed by atoms with van der Waals surface area (Å²) in [4.78, 5) is 53.1. The Bertz CT molecular complexity index is 1120. The lowest BCUT2D eigenvalue weighted by molar-refractivity contribution is -0.307. The third-order valence-electron chi connectivity index (χ3n) is 5.37. The molecule has 3 rings (SSSR count). The number of nitrogens with zero attached hydrogens (tertiary/aromatic N) is 1. The maximum Gasteiger partial charge on any atom is 0.481 e. The standard InChI is InChI=1S/C16H26N2O15P2/c1-6-4-18(16(23)17-14(6)22)10-3-8(32-15-13(21)12(20)11(19)7(2)30-15)9(31-10)5-29-35(27,28)33-34(24,25)26/h4,7-13,15,19-21H,3,5H2,1-2H3,(H,27,28)(H,17,22,23)(H2,24,25,26)/t7-,8-,9+,10+,11-,12+,13+,15+/m0/s1. The van der Waals surface area contributed by atoms with Crippen molar-refractivity contribution >= 4 is 15.6 Å². The Morgan fingerprint density at radius 2 is 1.77 bits per heavy atom. The van der Waals surface area contributed by atoms with Crippen LogP contribution in [0, 0.1) is 6.92 Å². The topological polar surface area (TPSA) is 257 Å². The molecule has 2 aliphatic heterocycles. The Balaban J connectivity index is 1.83. The number of aryl methyl sites for hydroxylation is 1. The molecule has 0 spiro atoms. The molecule has 200 valence electrons. The van der Waals surface area contributed by atoms with Crippen LogP contribution in [0.4, 0.5) is 0 Å². The number of nitrogens with one attached hydrogen (secondary N) is 1. The zero-order valence-electron chi connectivity index (χ0n) is 18.3. The van der Waals surface area contributed by atoms with Crippen LogP contribution in [0.5, 0.6) is 0 Å². The lowest BCUT2D eigenvalue weighted by Gasteiger charge is -2.40. The normalized spacial score (nSPS) is 35.7. The molecule has 0 amide bonds. The summed E-state index contributed by atoms with van der Waals surface area (Å²) in [5, 5.41) is 30.1. The van der Waals surface area contributed by atoms with Crippen LogP contribution in [0.25, 0.3) is 0 Å². The van der Waals surface area contributed by atoms with Gasteiger partial charge in [0.05, 0.1) is 18.8 Å². The van der Waals surface area contributed by atoms with E-state index in [2.05, 4.69) is 13.8 Å². The number of hydrogen-bond acceptors (Lipinski definition) is 12. The molecule has 0 aromatic carbocycles. The van der Waals surface area contributed by atoms with Gasteiger partial charge in [-0.3, -0.25) is 18.9 Å². The lowest BCUT2D eigenvalue weighted by Crippen LogP contribution is -2.58. The van der Waals surface area contributed by atoms with Crippen LogP contribution < -0.4 is 11.2 Å². The quantitative estimate of drug-likeness (QED) is 0.167. The second-order valence-electron chi connectivity index (χ2n) is 8.04. The predicted octanol–water partition coefficient (Wildman–Crippen LogP) is -2.43. The SMILES string of the molecule is Cc1cn([C@H]2C[C@H](O[C@H]3O[C@@H](C)[C@H](O)[C@@H](O)[C@H]3O)[C@@H](COP(=O)(O)OP(=O)(O)O)O2)c(=O)[nH]c1=O. The van der Waals surface area contributed by atoms with Crippen LogP contribution in [0.15, 0.2) is 15.8 Å². The fraction of sp³-hybridized carbons (Fsp3) is 0.750. The third kappa shape index (κ3) is 6.93. The van der Waals surface area contributed by atoms with Crippen molar-refractivity contribution in [3.63, 3.8) is 0 Å². The van der Waals surface area contributed by atoms with Gasteiger partial charge in [-0.1, -0.05) is 0 Å². The first-order valence-corrected chi connectivity index (χ1v) is 13.2. The van der Waals surface area contributed by atoms with E-state index in [1.54, 1.807) is 0 Å². The van der Waals surface area contributed by atoms with E-state index in [1.165, 1.54) is 20.0 Å². The van der Waals surface area contributed by atoms with Crippen LogP contribution in [0.1, 0.15) is 25.1 Å². The van der Waals surface area contributed by atoms with Crippen LogP contribution in [0.2, 0.25) is 0 Å². The van der Waals surface area contributed by atoms with E-state index in [4.69, 9.17) is 24.0 Å². The van der Waals surface area contributed by atoms with Gasteiger partial charge in [0.25, 0.3) is 5.56 Å². The predicted molar refractivity (Wildman–Crippen MR) is 111 cm³/mol. The van der Waals surface area contributed by atoms with Crippen molar-refractivity contribution in [3.8, 4) is 0 Å². The number of aromatic amines is 1. The summed E-state index contributed by atoms with van der Waals surface area (Å²) < 4.78 is 48.8. The maximum atomic E-state index is 12.3. The summed E-state index contributed by atoms with van der Waals surface area (Å²) in [6.07, 6.45) is -9.72. The van der Waals surface area contributed by atoms with Crippen LogP contribution in [0.3, 0.4) is 0 Å². The number of hydrogen-bond donors (Lipinski definition) is 7. The Morgan fingerprint density at radius 1 is 1.11 bits per heavy atom. The van der Waals surface area contributed by atoms with Crippen LogP contribution >= 0.6 is 15.6 Å². The second kappa shape index (κ2) is 10.6. The van der Waals surface area contributed by atoms with E-state index in [1.807, 2.05) is 0 Å². The van der Waals surface area contributed by atoms with E-state index in [0.29, 0.717) is 0 Å². The van der Waals surface area contributed by atoms with Gasteiger partial charge < -0.3 is 44.2 Å². The van der Waals surface area contributed by atoms with Gasteiger partial charge in [-0.15, -0.1) is 0 Å². The molecule has 9 atom stereocenters. The summed E-state index contributed by atoms with van der Waals surface area (Å²) in [5.74, 6) is 0. The van der Waals surface area contributed by atoms with Gasteiger partial charge in [-0.25, -0.2) is 13.9 Å². The van der Waals surface area contributed by atoms with Gasteiger partial charge in [0.2, 0.25) is 0 Å². The Hall–Kier alpha value is -1.30. The number of aromatic nitrogens is 2. The van der Waals surface area contributed by atoms with Crippen molar-refractivity contribution in [2.75, 3.05) is 6.61 Å². The molecule has 3 heterocycles.